The zero-order chi connectivity index (χ0) is 22.5. The van der Waals surface area contributed by atoms with Gasteiger partial charge in [0.1, 0.15) is 5.75 Å². The van der Waals surface area contributed by atoms with E-state index in [2.05, 4.69) is 6.92 Å². The Morgan fingerprint density at radius 3 is 2.17 bits per heavy atom. The number of methoxy groups -OCH3 is 1. The van der Waals surface area contributed by atoms with Crippen LogP contribution in [-0.2, 0) is 25.7 Å². The zero-order valence-electron chi connectivity index (χ0n) is 19.0. The summed E-state index contributed by atoms with van der Waals surface area (Å²) in [5.74, 6) is -0.338. The van der Waals surface area contributed by atoms with E-state index < -0.39 is 23.2 Å². The number of carbonyl (C=O) groups excluding carboxylic acids is 2. The monoisotopic (exact) mass is 440 g/mol. The van der Waals surface area contributed by atoms with Crippen LogP contribution in [0.25, 0.3) is 0 Å². The number of ether oxygens (including phenoxy) is 3. The van der Waals surface area contributed by atoms with Crippen molar-refractivity contribution >= 4 is 22.8 Å². The topological polar surface area (TPSA) is 61.8 Å². The van der Waals surface area contributed by atoms with E-state index in [1.54, 1.807) is 27.9 Å². The largest absolute Gasteiger partial charge is 0.497 e. The first-order valence-electron chi connectivity index (χ1n) is 10.9. The molecule has 170 valence electrons. The Morgan fingerprint density at radius 1 is 1.00 bits per heavy atom. The quantitative estimate of drug-likeness (QED) is 0.193. The van der Waals surface area contributed by atoms with Crippen LogP contribution >= 0.6 is 11.6 Å². The zero-order valence-corrected chi connectivity index (χ0v) is 19.7. The highest BCUT2D eigenvalue weighted by atomic mass is 35.5. The van der Waals surface area contributed by atoms with Crippen molar-refractivity contribution in [2.45, 2.75) is 85.0 Å². The third-order valence-electron chi connectivity index (χ3n) is 5.22. The van der Waals surface area contributed by atoms with E-state index in [9.17, 15) is 9.59 Å². The fourth-order valence-corrected chi connectivity index (χ4v) is 3.48. The highest BCUT2D eigenvalue weighted by Crippen LogP contribution is 2.22. The summed E-state index contributed by atoms with van der Waals surface area (Å²) in [5, 5.41) is -0.652. The maximum Gasteiger partial charge on any atom is 0.312 e. The van der Waals surface area contributed by atoms with Crippen LogP contribution in [0.4, 0.5) is 0 Å². The number of esters is 1. The number of rotatable bonds is 15. The summed E-state index contributed by atoms with van der Waals surface area (Å²) < 4.78 is 16.7. The summed E-state index contributed by atoms with van der Waals surface area (Å²) in [4.78, 5) is 24.3. The van der Waals surface area contributed by atoms with Crippen molar-refractivity contribution in [3.63, 3.8) is 0 Å². The molecule has 0 aliphatic rings. The number of carbonyl (C=O) groups is 2. The Balaban J connectivity index is 2.75. The van der Waals surface area contributed by atoms with Crippen LogP contribution in [0.3, 0.4) is 0 Å². The molecule has 0 N–H and O–H groups in total. The molecule has 0 aliphatic carbocycles. The number of hydrogen-bond acceptors (Lipinski definition) is 5. The maximum atomic E-state index is 12.7. The second-order valence-corrected chi connectivity index (χ2v) is 8.47. The van der Waals surface area contributed by atoms with Crippen LogP contribution < -0.4 is 4.74 Å². The summed E-state index contributed by atoms with van der Waals surface area (Å²) in [7, 11) is 1.63. The van der Waals surface area contributed by atoms with Crippen molar-refractivity contribution in [3.05, 3.63) is 29.8 Å². The molecule has 0 radical (unpaired) electrons. The SMILES string of the molecule is CCCCCCC[C@@H](OCc1ccc(OC)cc1)[C@H](C)C(=O)O[C@H](C(=O)Cl)C(C)C. The van der Waals surface area contributed by atoms with Crippen molar-refractivity contribution in [2.75, 3.05) is 7.11 Å². The van der Waals surface area contributed by atoms with E-state index >= 15 is 0 Å². The minimum Gasteiger partial charge on any atom is -0.497 e. The summed E-state index contributed by atoms with van der Waals surface area (Å²) in [5.41, 5.74) is 1.00. The van der Waals surface area contributed by atoms with Gasteiger partial charge in [-0.1, -0.05) is 65.0 Å². The van der Waals surface area contributed by atoms with Crippen molar-refractivity contribution in [1.82, 2.24) is 0 Å². The van der Waals surface area contributed by atoms with E-state index in [0.717, 1.165) is 30.6 Å². The lowest BCUT2D eigenvalue weighted by Gasteiger charge is -2.26. The van der Waals surface area contributed by atoms with E-state index in [4.69, 9.17) is 25.8 Å². The van der Waals surface area contributed by atoms with Gasteiger partial charge in [0.2, 0.25) is 0 Å². The average Bonchev–Trinajstić information content (AvgIpc) is 2.73. The molecule has 3 atom stereocenters. The molecule has 0 saturated carbocycles. The highest BCUT2D eigenvalue weighted by molar-refractivity contribution is 6.64. The number of benzene rings is 1. The molecule has 5 nitrogen and oxygen atoms in total. The standard InChI is InChI=1S/C24H37ClO5/c1-6-7-8-9-10-11-21(29-16-19-12-14-20(28-5)15-13-19)18(4)24(27)30-22(17(2)3)23(25)26/h12-15,17-18,21-22H,6-11,16H2,1-5H3/t18-,21+,22-/m0/s1. The lowest BCUT2D eigenvalue weighted by atomic mass is 9.98. The van der Waals surface area contributed by atoms with Gasteiger partial charge in [-0.3, -0.25) is 9.59 Å². The van der Waals surface area contributed by atoms with Gasteiger partial charge >= 0.3 is 5.97 Å². The first-order valence-corrected chi connectivity index (χ1v) is 11.3. The van der Waals surface area contributed by atoms with Gasteiger partial charge in [0.25, 0.3) is 5.24 Å². The number of hydrogen-bond donors (Lipinski definition) is 0. The third-order valence-corrected chi connectivity index (χ3v) is 5.43. The van der Waals surface area contributed by atoms with Crippen molar-refractivity contribution in [3.8, 4) is 5.75 Å². The smallest absolute Gasteiger partial charge is 0.312 e. The average molecular weight is 441 g/mol. The molecule has 0 aromatic heterocycles. The molecule has 0 fully saturated rings. The second-order valence-electron chi connectivity index (χ2n) is 8.09. The first-order chi connectivity index (χ1) is 14.3. The van der Waals surface area contributed by atoms with Crippen LogP contribution in [0.5, 0.6) is 5.75 Å². The highest BCUT2D eigenvalue weighted by Gasteiger charge is 2.31. The minimum absolute atomic E-state index is 0.182. The van der Waals surface area contributed by atoms with E-state index in [1.165, 1.54) is 19.3 Å². The molecule has 0 bridgehead atoms. The second kappa shape index (κ2) is 14.4. The van der Waals surface area contributed by atoms with Gasteiger partial charge in [-0.25, -0.2) is 0 Å². The molecule has 0 unspecified atom stereocenters. The van der Waals surface area contributed by atoms with Gasteiger partial charge in [0.05, 0.1) is 25.7 Å². The molecule has 1 aromatic rings. The van der Waals surface area contributed by atoms with Crippen molar-refractivity contribution < 1.29 is 23.8 Å². The summed E-state index contributed by atoms with van der Waals surface area (Å²) in [6.07, 6.45) is 5.19. The molecule has 6 heteroatoms. The van der Waals surface area contributed by atoms with Crippen molar-refractivity contribution in [2.24, 2.45) is 11.8 Å². The van der Waals surface area contributed by atoms with Crippen LogP contribution in [0.1, 0.15) is 71.8 Å². The Kier molecular flexibility index (Phi) is 12.7. The minimum atomic E-state index is -0.937. The van der Waals surface area contributed by atoms with Crippen LogP contribution in [-0.4, -0.2) is 30.5 Å². The third kappa shape index (κ3) is 9.48. The van der Waals surface area contributed by atoms with Crippen molar-refractivity contribution in [1.29, 1.82) is 0 Å². The normalized spacial score (nSPS) is 14.2. The predicted octanol–water partition coefficient (Wildman–Crippen LogP) is 5.91. The van der Waals surface area contributed by atoms with Gasteiger partial charge in [-0.2, -0.15) is 0 Å². The molecule has 0 amide bonds. The maximum absolute atomic E-state index is 12.7. The molecular weight excluding hydrogens is 404 g/mol. The van der Waals surface area contributed by atoms with Gasteiger partial charge in [0.15, 0.2) is 6.10 Å². The fraction of sp³-hybridized carbons (Fsp3) is 0.667. The Morgan fingerprint density at radius 2 is 1.63 bits per heavy atom. The van der Waals surface area contributed by atoms with Crippen LogP contribution in [0, 0.1) is 11.8 Å². The van der Waals surface area contributed by atoms with Gasteiger partial charge in [-0.05, 0) is 48.6 Å². The van der Waals surface area contributed by atoms with Gasteiger partial charge < -0.3 is 14.2 Å². The molecule has 0 saturated heterocycles. The molecule has 0 aliphatic heterocycles. The van der Waals surface area contributed by atoms with E-state index in [-0.39, 0.29) is 12.0 Å². The molecule has 0 spiro atoms. The molecular formula is C24H37ClO5. The van der Waals surface area contributed by atoms with E-state index in [1.807, 2.05) is 24.3 Å². The molecule has 1 aromatic carbocycles. The summed E-state index contributed by atoms with van der Waals surface area (Å²) in [6, 6.07) is 7.66. The molecule has 30 heavy (non-hydrogen) atoms. The predicted molar refractivity (Wildman–Crippen MR) is 120 cm³/mol. The molecule has 1 rings (SSSR count). The lowest BCUT2D eigenvalue weighted by molar-refractivity contribution is -0.164. The van der Waals surface area contributed by atoms with Gasteiger partial charge in [0, 0.05) is 0 Å². The van der Waals surface area contributed by atoms with E-state index in [0.29, 0.717) is 6.61 Å². The Hall–Kier alpha value is -1.59. The Bertz CT molecular complexity index is 629. The van der Waals surface area contributed by atoms with Crippen LogP contribution in [0.15, 0.2) is 24.3 Å². The number of halogens is 1. The van der Waals surface area contributed by atoms with Gasteiger partial charge in [-0.15, -0.1) is 0 Å². The lowest BCUT2D eigenvalue weighted by Crippen LogP contribution is -2.36. The summed E-state index contributed by atoms with van der Waals surface area (Å²) in [6.45, 7) is 7.97. The number of unbranched alkanes of at least 4 members (excludes halogenated alkanes) is 4. The molecule has 0 heterocycles. The first kappa shape index (κ1) is 26.4. The van der Waals surface area contributed by atoms with Crippen LogP contribution in [0.2, 0.25) is 0 Å². The summed E-state index contributed by atoms with van der Waals surface area (Å²) >= 11 is 5.61. The Labute approximate surface area is 186 Å². The fourth-order valence-electron chi connectivity index (χ4n) is 3.18.